The van der Waals surface area contributed by atoms with Gasteiger partial charge in [-0.15, -0.1) is 0 Å². The maximum absolute atomic E-state index is 5.95. The molecule has 0 N–H and O–H groups in total. The second-order valence-corrected chi connectivity index (χ2v) is 5.36. The zero-order chi connectivity index (χ0) is 15.5. The number of ether oxygens (including phenoxy) is 2. The van der Waals surface area contributed by atoms with Crippen molar-refractivity contribution in [1.82, 2.24) is 4.57 Å². The molecule has 1 aromatic heterocycles. The van der Waals surface area contributed by atoms with Crippen LogP contribution >= 0.6 is 0 Å². The quantitative estimate of drug-likeness (QED) is 0.689. The Kier molecular flexibility index (Phi) is 4.05. The summed E-state index contributed by atoms with van der Waals surface area (Å²) in [6, 6.07) is 16.3. The first-order valence-corrected chi connectivity index (χ1v) is 7.57. The molecule has 3 heteroatoms. The molecule has 0 aliphatic carbocycles. The third kappa shape index (κ3) is 2.67. The molecule has 1 heterocycles. The number of fused-ring (bicyclic) bond motifs is 1. The molecule has 0 aliphatic rings. The van der Waals surface area contributed by atoms with Crippen LogP contribution in [0.15, 0.2) is 48.5 Å². The number of methoxy groups -OCH3 is 1. The lowest BCUT2D eigenvalue weighted by atomic mass is 10.2. The number of hydrogen-bond acceptors (Lipinski definition) is 2. The number of rotatable bonds is 5. The van der Waals surface area contributed by atoms with Gasteiger partial charge in [0.15, 0.2) is 0 Å². The van der Waals surface area contributed by atoms with Crippen molar-refractivity contribution in [2.45, 2.75) is 27.0 Å². The van der Waals surface area contributed by atoms with E-state index in [0.29, 0.717) is 6.61 Å². The van der Waals surface area contributed by atoms with E-state index in [9.17, 15) is 0 Å². The number of nitrogens with zero attached hydrogens (tertiary/aromatic N) is 1. The standard InChI is InChI=1S/C19H21NO2/c1-4-20-16(11-15-8-5-7-14(2)19(15)20)13-22-18-10-6-9-17(12-18)21-3/h5-12H,4,13H2,1-3H3. The Morgan fingerprint density at radius 1 is 1.00 bits per heavy atom. The van der Waals surface area contributed by atoms with E-state index < -0.39 is 0 Å². The van der Waals surface area contributed by atoms with Crippen LogP contribution < -0.4 is 9.47 Å². The van der Waals surface area contributed by atoms with Gasteiger partial charge in [-0.3, -0.25) is 0 Å². The molecule has 3 nitrogen and oxygen atoms in total. The molecule has 0 unspecified atom stereocenters. The van der Waals surface area contributed by atoms with Crippen LogP contribution in [-0.2, 0) is 13.2 Å². The van der Waals surface area contributed by atoms with Gasteiger partial charge in [-0.25, -0.2) is 0 Å². The summed E-state index contributed by atoms with van der Waals surface area (Å²) < 4.78 is 13.5. The van der Waals surface area contributed by atoms with E-state index >= 15 is 0 Å². The van der Waals surface area contributed by atoms with Gasteiger partial charge in [-0.2, -0.15) is 0 Å². The van der Waals surface area contributed by atoms with E-state index in [2.05, 4.69) is 42.7 Å². The molecule has 0 atom stereocenters. The average Bonchev–Trinajstić information content (AvgIpc) is 2.92. The van der Waals surface area contributed by atoms with Crippen molar-refractivity contribution in [2.24, 2.45) is 0 Å². The van der Waals surface area contributed by atoms with E-state index in [1.165, 1.54) is 22.2 Å². The summed E-state index contributed by atoms with van der Waals surface area (Å²) in [5.41, 5.74) is 3.79. The molecule has 0 fully saturated rings. The second kappa shape index (κ2) is 6.14. The molecule has 3 aromatic rings. The normalized spacial score (nSPS) is 10.9. The van der Waals surface area contributed by atoms with Crippen LogP contribution in [0.3, 0.4) is 0 Å². The van der Waals surface area contributed by atoms with Gasteiger partial charge in [0.25, 0.3) is 0 Å². The van der Waals surface area contributed by atoms with Gasteiger partial charge >= 0.3 is 0 Å². The topological polar surface area (TPSA) is 23.4 Å². The Hall–Kier alpha value is -2.42. The third-order valence-corrected chi connectivity index (χ3v) is 3.95. The molecule has 0 aliphatic heterocycles. The SMILES string of the molecule is CCn1c(COc2cccc(OC)c2)cc2cccc(C)c21. The summed E-state index contributed by atoms with van der Waals surface area (Å²) in [5.74, 6) is 1.63. The molecule has 0 saturated heterocycles. The third-order valence-electron chi connectivity index (χ3n) is 3.95. The first-order chi connectivity index (χ1) is 10.7. The Morgan fingerprint density at radius 3 is 2.55 bits per heavy atom. The summed E-state index contributed by atoms with van der Waals surface area (Å²) >= 11 is 0. The largest absolute Gasteiger partial charge is 0.497 e. The van der Waals surface area contributed by atoms with Crippen molar-refractivity contribution in [3.05, 3.63) is 59.8 Å². The lowest BCUT2D eigenvalue weighted by molar-refractivity contribution is 0.294. The van der Waals surface area contributed by atoms with Crippen LogP contribution in [0.4, 0.5) is 0 Å². The Balaban J connectivity index is 1.89. The summed E-state index contributed by atoms with van der Waals surface area (Å²) in [4.78, 5) is 0. The molecular weight excluding hydrogens is 274 g/mol. The van der Waals surface area contributed by atoms with Gasteiger partial charge in [0.05, 0.1) is 18.3 Å². The zero-order valence-corrected chi connectivity index (χ0v) is 13.3. The molecule has 0 bridgehead atoms. The number of hydrogen-bond donors (Lipinski definition) is 0. The first kappa shape index (κ1) is 14.5. The van der Waals surface area contributed by atoms with Gasteiger partial charge in [0.2, 0.25) is 0 Å². The maximum atomic E-state index is 5.95. The number of benzene rings is 2. The Labute approximate surface area is 131 Å². The number of para-hydroxylation sites is 1. The lowest BCUT2D eigenvalue weighted by Crippen LogP contribution is -2.05. The van der Waals surface area contributed by atoms with E-state index in [0.717, 1.165) is 18.0 Å². The van der Waals surface area contributed by atoms with Gasteiger partial charge in [-0.05, 0) is 37.6 Å². The fourth-order valence-corrected chi connectivity index (χ4v) is 2.90. The second-order valence-electron chi connectivity index (χ2n) is 5.36. The predicted molar refractivity (Wildman–Crippen MR) is 89.7 cm³/mol. The molecule has 0 spiro atoms. The highest BCUT2D eigenvalue weighted by Crippen LogP contribution is 2.25. The van der Waals surface area contributed by atoms with E-state index in [1.807, 2.05) is 24.3 Å². The average molecular weight is 295 g/mol. The fraction of sp³-hybridized carbons (Fsp3) is 0.263. The predicted octanol–water partition coefficient (Wildman–Crippen LogP) is 4.56. The van der Waals surface area contributed by atoms with Crippen molar-refractivity contribution < 1.29 is 9.47 Å². The molecule has 3 rings (SSSR count). The zero-order valence-electron chi connectivity index (χ0n) is 13.3. The highest BCUT2D eigenvalue weighted by atomic mass is 16.5. The summed E-state index contributed by atoms with van der Waals surface area (Å²) in [6.45, 7) is 5.81. The minimum Gasteiger partial charge on any atom is -0.497 e. The highest BCUT2D eigenvalue weighted by molar-refractivity contribution is 5.84. The van der Waals surface area contributed by atoms with Crippen molar-refractivity contribution in [2.75, 3.05) is 7.11 Å². The summed E-state index contributed by atoms with van der Waals surface area (Å²) in [6.07, 6.45) is 0. The van der Waals surface area contributed by atoms with Crippen LogP contribution in [0.25, 0.3) is 10.9 Å². The van der Waals surface area contributed by atoms with Crippen molar-refractivity contribution in [1.29, 1.82) is 0 Å². The van der Waals surface area contributed by atoms with E-state index in [1.54, 1.807) is 7.11 Å². The van der Waals surface area contributed by atoms with Gasteiger partial charge in [0, 0.05) is 18.0 Å². The highest BCUT2D eigenvalue weighted by Gasteiger charge is 2.10. The summed E-state index contributed by atoms with van der Waals surface area (Å²) in [7, 11) is 1.66. The van der Waals surface area contributed by atoms with Crippen LogP contribution in [0.5, 0.6) is 11.5 Å². The van der Waals surface area contributed by atoms with Crippen molar-refractivity contribution >= 4 is 10.9 Å². The molecule has 0 radical (unpaired) electrons. The fourth-order valence-electron chi connectivity index (χ4n) is 2.90. The van der Waals surface area contributed by atoms with Crippen LogP contribution in [0.2, 0.25) is 0 Å². The maximum Gasteiger partial charge on any atom is 0.128 e. The van der Waals surface area contributed by atoms with Crippen LogP contribution in [0, 0.1) is 6.92 Å². The van der Waals surface area contributed by atoms with Crippen LogP contribution in [0.1, 0.15) is 18.2 Å². The van der Waals surface area contributed by atoms with Crippen molar-refractivity contribution in [3.63, 3.8) is 0 Å². The Bertz CT molecular complexity index is 789. The van der Waals surface area contributed by atoms with Gasteiger partial charge in [-0.1, -0.05) is 24.3 Å². The summed E-state index contributed by atoms with van der Waals surface area (Å²) in [5, 5.41) is 1.27. The van der Waals surface area contributed by atoms with Crippen LogP contribution in [-0.4, -0.2) is 11.7 Å². The van der Waals surface area contributed by atoms with Crippen molar-refractivity contribution in [3.8, 4) is 11.5 Å². The smallest absolute Gasteiger partial charge is 0.128 e. The van der Waals surface area contributed by atoms with E-state index in [4.69, 9.17) is 9.47 Å². The molecule has 22 heavy (non-hydrogen) atoms. The Morgan fingerprint density at radius 2 is 1.77 bits per heavy atom. The van der Waals surface area contributed by atoms with Gasteiger partial charge in [0.1, 0.15) is 18.1 Å². The molecule has 114 valence electrons. The monoisotopic (exact) mass is 295 g/mol. The van der Waals surface area contributed by atoms with Gasteiger partial charge < -0.3 is 14.0 Å². The molecule has 0 saturated carbocycles. The van der Waals surface area contributed by atoms with E-state index in [-0.39, 0.29) is 0 Å². The lowest BCUT2D eigenvalue weighted by Gasteiger charge is -2.11. The first-order valence-electron chi connectivity index (χ1n) is 7.57. The minimum absolute atomic E-state index is 0.551. The molecular formula is C19H21NO2. The molecule has 0 amide bonds. The molecule has 2 aromatic carbocycles. The number of aryl methyl sites for hydroxylation is 2. The number of aromatic nitrogens is 1. The minimum atomic E-state index is 0.551.